The molecule has 17 heavy (non-hydrogen) atoms. The summed E-state index contributed by atoms with van der Waals surface area (Å²) in [5, 5.41) is 4.37. The fourth-order valence-corrected chi connectivity index (χ4v) is 2.83. The van der Waals surface area contributed by atoms with E-state index in [0.717, 1.165) is 30.7 Å². The molecule has 0 aromatic carbocycles. The zero-order valence-corrected chi connectivity index (χ0v) is 12.3. The van der Waals surface area contributed by atoms with Gasteiger partial charge in [-0.1, -0.05) is 33.1 Å². The van der Waals surface area contributed by atoms with Gasteiger partial charge in [0.1, 0.15) is 0 Å². The van der Waals surface area contributed by atoms with E-state index in [1.165, 1.54) is 44.9 Å². The molecule has 1 aliphatic heterocycles. The maximum absolute atomic E-state index is 5.47. The van der Waals surface area contributed by atoms with E-state index in [0.29, 0.717) is 0 Å². The van der Waals surface area contributed by atoms with Crippen molar-refractivity contribution in [2.24, 2.45) is 5.92 Å². The summed E-state index contributed by atoms with van der Waals surface area (Å²) in [6, 6.07) is 0. The molecule has 0 aromatic rings. The number of rotatable bonds is 5. The molecule has 0 aromatic heterocycles. The quantitative estimate of drug-likeness (QED) is 0.598. The lowest BCUT2D eigenvalue weighted by Gasteiger charge is -2.24. The number of thiocarbonyl (C=S) groups is 1. The summed E-state index contributed by atoms with van der Waals surface area (Å²) in [5.41, 5.74) is 0. The van der Waals surface area contributed by atoms with Crippen molar-refractivity contribution in [1.29, 1.82) is 0 Å². The van der Waals surface area contributed by atoms with E-state index in [4.69, 9.17) is 12.2 Å². The van der Waals surface area contributed by atoms with Gasteiger partial charge in [0.15, 0.2) is 5.11 Å². The largest absolute Gasteiger partial charge is 0.363 e. The normalized spacial score (nSPS) is 21.1. The minimum absolute atomic E-state index is 0.934. The Morgan fingerprint density at radius 1 is 1.24 bits per heavy atom. The first-order valence-electron chi connectivity index (χ1n) is 7.30. The van der Waals surface area contributed by atoms with Gasteiger partial charge in [-0.2, -0.15) is 0 Å². The van der Waals surface area contributed by atoms with Crippen molar-refractivity contribution in [1.82, 2.24) is 10.2 Å². The van der Waals surface area contributed by atoms with Crippen LogP contribution in [0.25, 0.3) is 0 Å². The Kier molecular flexibility index (Phi) is 7.58. The van der Waals surface area contributed by atoms with E-state index >= 15 is 0 Å². The van der Waals surface area contributed by atoms with Crippen molar-refractivity contribution in [3.8, 4) is 0 Å². The van der Waals surface area contributed by atoms with Crippen LogP contribution in [0.2, 0.25) is 0 Å². The highest BCUT2D eigenvalue weighted by Crippen LogP contribution is 2.21. The second-order valence-corrected chi connectivity index (χ2v) is 5.54. The molecule has 0 spiro atoms. The smallest absolute Gasteiger partial charge is 0.168 e. The molecule has 1 heterocycles. The Hall–Kier alpha value is -0.310. The van der Waals surface area contributed by atoms with Crippen LogP contribution in [0.5, 0.6) is 0 Å². The van der Waals surface area contributed by atoms with Crippen LogP contribution in [0.4, 0.5) is 0 Å². The number of nitrogens with zero attached hydrogens (tertiary/aromatic N) is 1. The summed E-state index contributed by atoms with van der Waals surface area (Å²) in [5.74, 6) is 0.934. The van der Waals surface area contributed by atoms with Crippen LogP contribution >= 0.6 is 12.2 Å². The Morgan fingerprint density at radius 2 is 2.06 bits per heavy atom. The average molecular weight is 256 g/mol. The maximum Gasteiger partial charge on any atom is 0.168 e. The third kappa shape index (κ3) is 5.71. The van der Waals surface area contributed by atoms with Crippen LogP contribution in [-0.4, -0.2) is 29.6 Å². The fourth-order valence-electron chi connectivity index (χ4n) is 2.55. The number of likely N-dealkylation sites (tertiary alicyclic amines) is 1. The highest BCUT2D eigenvalue weighted by Gasteiger charge is 2.17. The molecule has 1 rings (SSSR count). The summed E-state index contributed by atoms with van der Waals surface area (Å²) < 4.78 is 0. The summed E-state index contributed by atoms with van der Waals surface area (Å²) in [6.07, 6.45) is 9.18. The lowest BCUT2D eigenvalue weighted by atomic mass is 9.96. The van der Waals surface area contributed by atoms with Crippen LogP contribution in [0.15, 0.2) is 0 Å². The highest BCUT2D eigenvalue weighted by atomic mass is 32.1. The lowest BCUT2D eigenvalue weighted by Crippen LogP contribution is -2.40. The molecular weight excluding hydrogens is 228 g/mol. The van der Waals surface area contributed by atoms with Crippen LogP contribution in [-0.2, 0) is 0 Å². The first-order valence-corrected chi connectivity index (χ1v) is 7.71. The van der Waals surface area contributed by atoms with E-state index in [1.54, 1.807) is 0 Å². The van der Waals surface area contributed by atoms with Gasteiger partial charge in [-0.05, 0) is 43.8 Å². The number of nitrogens with one attached hydrogen (secondary N) is 1. The average Bonchev–Trinajstić information content (AvgIpc) is 2.55. The Labute approximate surface area is 112 Å². The standard InChI is InChI=1S/C14H28N2S/c1-3-5-10-15-14(17)16-11-6-8-13(7-4-2)9-12-16/h13H,3-12H2,1-2H3,(H,15,17). The van der Waals surface area contributed by atoms with E-state index in [2.05, 4.69) is 24.1 Å². The van der Waals surface area contributed by atoms with Crippen LogP contribution < -0.4 is 5.32 Å². The van der Waals surface area contributed by atoms with Crippen molar-refractivity contribution < 1.29 is 0 Å². The van der Waals surface area contributed by atoms with E-state index in [-0.39, 0.29) is 0 Å². The minimum atomic E-state index is 0.934. The summed E-state index contributed by atoms with van der Waals surface area (Å²) in [7, 11) is 0. The number of hydrogen-bond donors (Lipinski definition) is 1. The molecule has 1 aliphatic rings. The molecule has 1 saturated heterocycles. The van der Waals surface area contributed by atoms with Crippen molar-refractivity contribution in [2.45, 2.75) is 58.8 Å². The molecule has 0 bridgehead atoms. The topological polar surface area (TPSA) is 15.3 Å². The minimum Gasteiger partial charge on any atom is -0.363 e. The molecule has 0 aliphatic carbocycles. The Balaban J connectivity index is 2.27. The second-order valence-electron chi connectivity index (χ2n) is 5.16. The predicted molar refractivity (Wildman–Crippen MR) is 79.3 cm³/mol. The van der Waals surface area contributed by atoms with Crippen LogP contribution in [0.3, 0.4) is 0 Å². The van der Waals surface area contributed by atoms with Crippen molar-refractivity contribution in [3.63, 3.8) is 0 Å². The van der Waals surface area contributed by atoms with Gasteiger partial charge in [0, 0.05) is 19.6 Å². The van der Waals surface area contributed by atoms with Gasteiger partial charge in [0.25, 0.3) is 0 Å². The van der Waals surface area contributed by atoms with Crippen molar-refractivity contribution in [3.05, 3.63) is 0 Å². The van der Waals surface area contributed by atoms with Crippen molar-refractivity contribution in [2.75, 3.05) is 19.6 Å². The van der Waals surface area contributed by atoms with Crippen LogP contribution in [0.1, 0.15) is 58.8 Å². The van der Waals surface area contributed by atoms with E-state index < -0.39 is 0 Å². The number of unbranched alkanes of at least 4 members (excludes halogenated alkanes) is 1. The SMILES string of the molecule is CCCCNC(=S)N1CCCC(CCC)CC1. The monoisotopic (exact) mass is 256 g/mol. The molecular formula is C14H28N2S. The third-order valence-electron chi connectivity index (χ3n) is 3.64. The molecule has 1 atom stereocenters. The van der Waals surface area contributed by atoms with Gasteiger partial charge in [0.05, 0.1) is 0 Å². The molecule has 0 radical (unpaired) electrons. The summed E-state index contributed by atoms with van der Waals surface area (Å²) in [4.78, 5) is 2.38. The first kappa shape index (κ1) is 14.7. The lowest BCUT2D eigenvalue weighted by molar-refractivity contribution is 0.398. The predicted octanol–water partition coefficient (Wildman–Crippen LogP) is 3.56. The highest BCUT2D eigenvalue weighted by molar-refractivity contribution is 7.80. The maximum atomic E-state index is 5.47. The van der Waals surface area contributed by atoms with Crippen molar-refractivity contribution >= 4 is 17.3 Å². The zero-order valence-electron chi connectivity index (χ0n) is 11.5. The van der Waals surface area contributed by atoms with E-state index in [1.807, 2.05) is 0 Å². The molecule has 100 valence electrons. The van der Waals surface area contributed by atoms with Gasteiger partial charge in [0.2, 0.25) is 0 Å². The summed E-state index contributed by atoms with van der Waals surface area (Å²) >= 11 is 5.47. The first-order chi connectivity index (χ1) is 8.27. The van der Waals surface area contributed by atoms with Gasteiger partial charge in [-0.25, -0.2) is 0 Å². The fraction of sp³-hybridized carbons (Fsp3) is 0.929. The van der Waals surface area contributed by atoms with Gasteiger partial charge < -0.3 is 10.2 Å². The summed E-state index contributed by atoms with van der Waals surface area (Å²) in [6.45, 7) is 7.84. The zero-order chi connectivity index (χ0) is 12.5. The van der Waals surface area contributed by atoms with Gasteiger partial charge in [-0.15, -0.1) is 0 Å². The third-order valence-corrected chi connectivity index (χ3v) is 4.04. The van der Waals surface area contributed by atoms with Crippen LogP contribution in [0, 0.1) is 5.92 Å². The Bertz CT molecular complexity index is 218. The number of hydrogen-bond acceptors (Lipinski definition) is 1. The molecule has 1 N–H and O–H groups in total. The molecule has 0 saturated carbocycles. The Morgan fingerprint density at radius 3 is 2.76 bits per heavy atom. The molecule has 0 amide bonds. The molecule has 3 heteroatoms. The van der Waals surface area contributed by atoms with Gasteiger partial charge in [-0.3, -0.25) is 0 Å². The molecule has 2 nitrogen and oxygen atoms in total. The molecule has 1 fully saturated rings. The van der Waals surface area contributed by atoms with Gasteiger partial charge >= 0.3 is 0 Å². The van der Waals surface area contributed by atoms with E-state index in [9.17, 15) is 0 Å². The molecule has 1 unspecified atom stereocenters. The second kappa shape index (κ2) is 8.73.